The fourth-order valence-electron chi connectivity index (χ4n) is 2.12. The van der Waals surface area contributed by atoms with Gasteiger partial charge < -0.3 is 15.2 Å². The molecule has 1 aromatic heterocycles. The van der Waals surface area contributed by atoms with E-state index >= 15 is 0 Å². The number of nitrogens with zero attached hydrogens (tertiary/aromatic N) is 1. The molecule has 1 aromatic carbocycles. The summed E-state index contributed by atoms with van der Waals surface area (Å²) in [5.74, 6) is 0.883. The molecule has 5 heteroatoms. The van der Waals surface area contributed by atoms with Crippen LogP contribution in [0.2, 0.25) is 0 Å². The summed E-state index contributed by atoms with van der Waals surface area (Å²) in [7, 11) is 0. The van der Waals surface area contributed by atoms with Gasteiger partial charge in [0.2, 0.25) is 0 Å². The summed E-state index contributed by atoms with van der Waals surface area (Å²) in [6, 6.07) is 5.96. The van der Waals surface area contributed by atoms with Gasteiger partial charge in [-0.05, 0) is 31.5 Å². The molecule has 4 nitrogen and oxygen atoms in total. The van der Waals surface area contributed by atoms with Gasteiger partial charge in [-0.3, -0.25) is 0 Å². The third kappa shape index (κ3) is 1.98. The Morgan fingerprint density at radius 3 is 3.17 bits per heavy atom. The summed E-state index contributed by atoms with van der Waals surface area (Å²) in [6.07, 6.45) is 0.838. The lowest BCUT2D eigenvalue weighted by molar-refractivity contribution is 0.178. The number of nitrogens with two attached hydrogens (primary N) is 1. The third-order valence-corrected chi connectivity index (χ3v) is 4.39. The Bertz CT molecular complexity index is 561. The van der Waals surface area contributed by atoms with E-state index in [1.54, 1.807) is 11.3 Å². The van der Waals surface area contributed by atoms with Crippen molar-refractivity contribution in [1.29, 1.82) is 0 Å². The maximum atomic E-state index is 6.33. The molecule has 2 aromatic rings. The van der Waals surface area contributed by atoms with E-state index in [2.05, 4.69) is 4.98 Å². The second kappa shape index (κ2) is 4.50. The zero-order valence-corrected chi connectivity index (χ0v) is 11.1. The highest BCUT2D eigenvalue weighted by atomic mass is 32.1. The van der Waals surface area contributed by atoms with Gasteiger partial charge in [0, 0.05) is 6.61 Å². The Kier molecular flexibility index (Phi) is 2.97. The average molecular weight is 264 g/mol. The molecule has 1 fully saturated rings. The van der Waals surface area contributed by atoms with Crippen LogP contribution in [0.25, 0.3) is 10.2 Å². The van der Waals surface area contributed by atoms with Crippen molar-refractivity contribution in [3.63, 3.8) is 0 Å². The maximum Gasteiger partial charge on any atom is 0.120 e. The molecule has 0 radical (unpaired) electrons. The molecule has 0 aliphatic carbocycles. The molecule has 0 amide bonds. The van der Waals surface area contributed by atoms with Crippen LogP contribution in [0.1, 0.15) is 18.4 Å². The number of ether oxygens (including phenoxy) is 2. The summed E-state index contributed by atoms with van der Waals surface area (Å²) in [5.41, 5.74) is 6.91. The minimum absolute atomic E-state index is 0.407. The largest absolute Gasteiger partial charge is 0.494 e. The lowest BCUT2D eigenvalue weighted by Crippen LogP contribution is -2.36. The van der Waals surface area contributed by atoms with Crippen molar-refractivity contribution in [2.24, 2.45) is 5.73 Å². The van der Waals surface area contributed by atoms with Crippen LogP contribution in [-0.2, 0) is 10.3 Å². The van der Waals surface area contributed by atoms with E-state index in [0.29, 0.717) is 13.2 Å². The van der Waals surface area contributed by atoms with Crippen LogP contribution in [0.15, 0.2) is 18.2 Å². The molecule has 3 rings (SSSR count). The lowest BCUT2D eigenvalue weighted by Gasteiger charge is -2.17. The molecule has 0 saturated carbocycles. The van der Waals surface area contributed by atoms with Crippen LogP contribution < -0.4 is 10.5 Å². The third-order valence-electron chi connectivity index (χ3n) is 3.15. The summed E-state index contributed by atoms with van der Waals surface area (Å²) < 4.78 is 12.0. The fourth-order valence-corrected chi connectivity index (χ4v) is 3.23. The monoisotopic (exact) mass is 264 g/mol. The molecule has 2 heterocycles. The first-order valence-electron chi connectivity index (χ1n) is 6.12. The van der Waals surface area contributed by atoms with Gasteiger partial charge in [0.1, 0.15) is 10.8 Å². The fraction of sp³-hybridized carbons (Fsp3) is 0.462. The van der Waals surface area contributed by atoms with Crippen LogP contribution in [-0.4, -0.2) is 24.8 Å². The second-order valence-corrected chi connectivity index (χ2v) is 5.57. The van der Waals surface area contributed by atoms with Crippen LogP contribution in [0, 0.1) is 0 Å². The number of fused-ring (bicyclic) bond motifs is 1. The van der Waals surface area contributed by atoms with E-state index in [4.69, 9.17) is 15.2 Å². The van der Waals surface area contributed by atoms with Crippen LogP contribution in [0.5, 0.6) is 5.75 Å². The van der Waals surface area contributed by atoms with Crippen molar-refractivity contribution in [3.05, 3.63) is 23.2 Å². The van der Waals surface area contributed by atoms with E-state index in [-0.39, 0.29) is 0 Å². The molecule has 96 valence electrons. The van der Waals surface area contributed by atoms with Crippen molar-refractivity contribution in [1.82, 2.24) is 4.98 Å². The Labute approximate surface area is 110 Å². The first kappa shape index (κ1) is 11.9. The van der Waals surface area contributed by atoms with Gasteiger partial charge in [-0.25, -0.2) is 4.98 Å². The van der Waals surface area contributed by atoms with Crippen molar-refractivity contribution in [3.8, 4) is 5.75 Å². The Morgan fingerprint density at radius 1 is 1.56 bits per heavy atom. The van der Waals surface area contributed by atoms with Crippen molar-refractivity contribution in [2.75, 3.05) is 19.8 Å². The molecule has 2 N–H and O–H groups in total. The van der Waals surface area contributed by atoms with E-state index in [9.17, 15) is 0 Å². The first-order chi connectivity index (χ1) is 8.71. The van der Waals surface area contributed by atoms with Gasteiger partial charge in [0.25, 0.3) is 0 Å². The van der Waals surface area contributed by atoms with Gasteiger partial charge >= 0.3 is 0 Å². The molecular formula is C13H16N2O2S. The molecule has 0 bridgehead atoms. The highest BCUT2D eigenvalue weighted by Crippen LogP contribution is 2.35. The highest BCUT2D eigenvalue weighted by Gasteiger charge is 2.35. The second-order valence-electron chi connectivity index (χ2n) is 4.54. The van der Waals surface area contributed by atoms with Crippen LogP contribution >= 0.6 is 11.3 Å². The quantitative estimate of drug-likeness (QED) is 0.924. The summed E-state index contributed by atoms with van der Waals surface area (Å²) in [5, 5.41) is 0.962. The maximum absolute atomic E-state index is 6.33. The van der Waals surface area contributed by atoms with E-state index < -0.39 is 5.54 Å². The van der Waals surface area contributed by atoms with Crippen molar-refractivity contribution < 1.29 is 9.47 Å². The lowest BCUT2D eigenvalue weighted by atomic mass is 10.0. The standard InChI is InChI=1S/C13H16N2O2S/c1-2-17-9-3-4-10-11(7-9)18-12(15-10)13(14)5-6-16-8-13/h3-4,7H,2,5-6,8,14H2,1H3. The minimum atomic E-state index is -0.407. The summed E-state index contributed by atoms with van der Waals surface area (Å²) >= 11 is 1.64. The van der Waals surface area contributed by atoms with E-state index in [1.165, 1.54) is 0 Å². The molecule has 1 saturated heterocycles. The SMILES string of the molecule is CCOc1ccc2nc(C3(N)CCOC3)sc2c1. The average Bonchev–Trinajstić information content (AvgIpc) is 2.96. The highest BCUT2D eigenvalue weighted by molar-refractivity contribution is 7.18. The minimum Gasteiger partial charge on any atom is -0.494 e. The number of benzene rings is 1. The zero-order valence-electron chi connectivity index (χ0n) is 10.3. The van der Waals surface area contributed by atoms with Crippen molar-refractivity contribution in [2.45, 2.75) is 18.9 Å². The number of aromatic nitrogens is 1. The first-order valence-corrected chi connectivity index (χ1v) is 6.93. The van der Waals surface area contributed by atoms with Gasteiger partial charge in [0.05, 0.1) is 29.0 Å². The Hall–Kier alpha value is -1.17. The van der Waals surface area contributed by atoms with E-state index in [1.807, 2.05) is 25.1 Å². The predicted octanol–water partition coefficient (Wildman–Crippen LogP) is 2.27. The summed E-state index contributed by atoms with van der Waals surface area (Å²) in [4.78, 5) is 4.63. The number of hydrogen-bond donors (Lipinski definition) is 1. The number of hydrogen-bond acceptors (Lipinski definition) is 5. The van der Waals surface area contributed by atoms with Crippen molar-refractivity contribution >= 4 is 21.6 Å². The normalized spacial score (nSPS) is 23.7. The molecule has 1 atom stereocenters. The Balaban J connectivity index is 2.00. The number of rotatable bonds is 3. The van der Waals surface area contributed by atoms with Crippen LogP contribution in [0.4, 0.5) is 0 Å². The Morgan fingerprint density at radius 2 is 2.44 bits per heavy atom. The predicted molar refractivity (Wildman–Crippen MR) is 72.1 cm³/mol. The van der Waals surface area contributed by atoms with Gasteiger partial charge in [-0.1, -0.05) is 0 Å². The molecule has 18 heavy (non-hydrogen) atoms. The zero-order chi connectivity index (χ0) is 12.6. The molecule has 1 aliphatic rings. The number of thiazole rings is 1. The smallest absolute Gasteiger partial charge is 0.120 e. The molecule has 1 unspecified atom stereocenters. The van der Waals surface area contributed by atoms with Gasteiger partial charge in [-0.2, -0.15) is 0 Å². The molecule has 0 spiro atoms. The molecular weight excluding hydrogens is 248 g/mol. The molecule has 1 aliphatic heterocycles. The topological polar surface area (TPSA) is 57.4 Å². The van der Waals surface area contributed by atoms with Gasteiger partial charge in [0.15, 0.2) is 0 Å². The van der Waals surface area contributed by atoms with Crippen LogP contribution in [0.3, 0.4) is 0 Å². The summed E-state index contributed by atoms with van der Waals surface area (Å²) in [6.45, 7) is 3.93. The van der Waals surface area contributed by atoms with E-state index in [0.717, 1.165) is 34.0 Å². The van der Waals surface area contributed by atoms with Gasteiger partial charge in [-0.15, -0.1) is 11.3 Å².